The lowest BCUT2D eigenvalue weighted by Crippen LogP contribution is -2.46. The monoisotopic (exact) mass is 604 g/mol. The van der Waals surface area contributed by atoms with Gasteiger partial charge in [0.15, 0.2) is 29.0 Å². The highest BCUT2D eigenvalue weighted by Crippen LogP contribution is 2.49. The Labute approximate surface area is 260 Å². The summed E-state index contributed by atoms with van der Waals surface area (Å²) in [5.41, 5.74) is 6.20. The van der Waals surface area contributed by atoms with E-state index in [4.69, 9.17) is 40.9 Å². The summed E-state index contributed by atoms with van der Waals surface area (Å²) in [6.45, 7) is 2.02. The Morgan fingerprint density at radius 3 is 2.25 bits per heavy atom. The molecule has 9 nitrogen and oxygen atoms in total. The molecular formula is C34H29ClN6O3. The van der Waals surface area contributed by atoms with Crippen molar-refractivity contribution in [1.82, 2.24) is 9.78 Å². The number of hydrogen-bond donors (Lipinski definition) is 1. The molecule has 220 valence electrons. The Morgan fingerprint density at radius 1 is 0.773 bits per heavy atom. The summed E-state index contributed by atoms with van der Waals surface area (Å²) in [5, 5.41) is 8.98. The van der Waals surface area contributed by atoms with Gasteiger partial charge in [0.25, 0.3) is 0 Å². The SMILES string of the molecule is COc1ccc(NC2=Nc3ccccc3N3C2=Nc2c(c(C)nn2-c2ccccc2)[C@@H]3c2ccc(OC)c(OC)c2)cc1Cl. The van der Waals surface area contributed by atoms with E-state index in [1.54, 1.807) is 21.3 Å². The molecule has 0 fully saturated rings. The molecule has 1 N–H and O–H groups in total. The van der Waals surface area contributed by atoms with Gasteiger partial charge in [0, 0.05) is 11.3 Å². The maximum atomic E-state index is 6.50. The Hall–Kier alpha value is -5.28. The zero-order valence-corrected chi connectivity index (χ0v) is 25.3. The molecule has 10 heteroatoms. The van der Waals surface area contributed by atoms with Gasteiger partial charge in [-0.05, 0) is 67.1 Å². The molecule has 3 heterocycles. The number of ether oxygens (including phenoxy) is 3. The fraction of sp³-hybridized carbons (Fsp3) is 0.147. The van der Waals surface area contributed by atoms with Crippen molar-refractivity contribution in [3.05, 3.63) is 113 Å². The number of methoxy groups -OCH3 is 3. The van der Waals surface area contributed by atoms with Crippen LogP contribution in [-0.4, -0.2) is 42.8 Å². The summed E-state index contributed by atoms with van der Waals surface area (Å²) >= 11 is 6.50. The molecule has 0 radical (unpaired) electrons. The van der Waals surface area contributed by atoms with Gasteiger partial charge in [-0.1, -0.05) is 48.0 Å². The standard InChI is InChI=1S/C34H29ClN6O3/c1-20-30-31(21-14-16-28(43-3)29(18-21)44-4)40-26-13-9-8-12-25(26)37-32(36-22-15-17-27(42-2)24(35)19-22)34(40)38-33(30)41(39-20)23-10-6-5-7-11-23/h5-19,31H,1-4H3,(H,36,37)/t31-/m0/s1. The van der Waals surface area contributed by atoms with Gasteiger partial charge >= 0.3 is 0 Å². The second kappa shape index (κ2) is 11.1. The summed E-state index contributed by atoms with van der Waals surface area (Å²) in [5.74, 6) is 3.80. The number of nitrogens with zero attached hydrogens (tertiary/aromatic N) is 5. The van der Waals surface area contributed by atoms with Crippen LogP contribution in [0.4, 0.5) is 22.9 Å². The highest BCUT2D eigenvalue weighted by molar-refractivity contribution is 6.51. The van der Waals surface area contributed by atoms with Crippen molar-refractivity contribution >= 4 is 46.2 Å². The number of halogens is 1. The average Bonchev–Trinajstić information content (AvgIpc) is 3.39. The highest BCUT2D eigenvalue weighted by atomic mass is 35.5. The van der Waals surface area contributed by atoms with Gasteiger partial charge in [0.2, 0.25) is 0 Å². The minimum absolute atomic E-state index is 0.317. The number of aryl methyl sites for hydroxylation is 1. The van der Waals surface area contributed by atoms with E-state index in [1.807, 2.05) is 90.5 Å². The van der Waals surface area contributed by atoms with Crippen LogP contribution in [0.3, 0.4) is 0 Å². The predicted molar refractivity (Wildman–Crippen MR) is 174 cm³/mol. The van der Waals surface area contributed by atoms with E-state index in [0.29, 0.717) is 33.9 Å². The van der Waals surface area contributed by atoms with Crippen LogP contribution in [0.2, 0.25) is 5.02 Å². The van der Waals surface area contributed by atoms with E-state index >= 15 is 0 Å². The average molecular weight is 605 g/mol. The number of rotatable bonds is 6. The Balaban J connectivity index is 1.48. The molecule has 0 saturated heterocycles. The number of nitrogens with one attached hydrogen (secondary N) is 1. The third kappa shape index (κ3) is 4.53. The van der Waals surface area contributed by atoms with Gasteiger partial charge in [0.05, 0.1) is 55.1 Å². The zero-order chi connectivity index (χ0) is 30.4. The number of aromatic nitrogens is 2. The molecule has 7 rings (SSSR count). The Bertz CT molecular complexity index is 1950. The fourth-order valence-corrected chi connectivity index (χ4v) is 6.02. The minimum atomic E-state index is -0.317. The molecule has 4 aromatic carbocycles. The van der Waals surface area contributed by atoms with E-state index in [9.17, 15) is 0 Å². The van der Waals surface area contributed by atoms with Crippen molar-refractivity contribution in [3.63, 3.8) is 0 Å². The molecule has 0 bridgehead atoms. The van der Waals surface area contributed by atoms with Gasteiger partial charge in [-0.25, -0.2) is 14.7 Å². The van der Waals surface area contributed by atoms with Gasteiger partial charge in [-0.15, -0.1) is 0 Å². The largest absolute Gasteiger partial charge is 0.495 e. The van der Waals surface area contributed by atoms with E-state index in [1.165, 1.54) is 0 Å². The molecular weight excluding hydrogens is 576 g/mol. The second-order valence-corrected chi connectivity index (χ2v) is 10.7. The Kier molecular flexibility index (Phi) is 6.94. The number of anilines is 2. The van der Waals surface area contributed by atoms with Crippen LogP contribution in [0.1, 0.15) is 22.9 Å². The van der Waals surface area contributed by atoms with Gasteiger partial charge < -0.3 is 24.4 Å². The molecule has 2 aliphatic rings. The van der Waals surface area contributed by atoms with Crippen LogP contribution < -0.4 is 24.4 Å². The first-order valence-corrected chi connectivity index (χ1v) is 14.4. The van der Waals surface area contributed by atoms with Crippen LogP contribution in [0.25, 0.3) is 5.69 Å². The van der Waals surface area contributed by atoms with Crippen LogP contribution in [0, 0.1) is 6.92 Å². The number of aliphatic imine (C=N–C) groups is 2. The number of fused-ring (bicyclic) bond motifs is 4. The highest BCUT2D eigenvalue weighted by Gasteiger charge is 2.41. The van der Waals surface area contributed by atoms with E-state index in [-0.39, 0.29) is 6.04 Å². The van der Waals surface area contributed by atoms with Crippen LogP contribution in [0.5, 0.6) is 17.2 Å². The third-order valence-electron chi connectivity index (χ3n) is 7.78. The number of amidine groups is 2. The van der Waals surface area contributed by atoms with E-state index in [2.05, 4.69) is 22.3 Å². The molecule has 2 aliphatic heterocycles. The first-order valence-electron chi connectivity index (χ1n) is 14.0. The predicted octanol–water partition coefficient (Wildman–Crippen LogP) is 7.66. The topological polar surface area (TPSA) is 85.5 Å². The van der Waals surface area contributed by atoms with Crippen molar-refractivity contribution in [2.24, 2.45) is 9.98 Å². The maximum absolute atomic E-state index is 6.50. The lowest BCUT2D eigenvalue weighted by Gasteiger charge is -2.40. The summed E-state index contributed by atoms with van der Waals surface area (Å²) in [4.78, 5) is 12.6. The zero-order valence-electron chi connectivity index (χ0n) is 24.6. The van der Waals surface area contributed by atoms with E-state index in [0.717, 1.165) is 45.4 Å². The molecule has 0 amide bonds. The fourth-order valence-electron chi connectivity index (χ4n) is 5.77. The summed E-state index contributed by atoms with van der Waals surface area (Å²) in [6, 6.07) is 29.3. The molecule has 0 spiro atoms. The normalized spacial score (nSPS) is 14.9. The van der Waals surface area contributed by atoms with Crippen LogP contribution in [0.15, 0.2) is 101 Å². The molecule has 0 saturated carbocycles. The van der Waals surface area contributed by atoms with Crippen molar-refractivity contribution in [2.45, 2.75) is 13.0 Å². The van der Waals surface area contributed by atoms with Crippen LogP contribution >= 0.6 is 11.6 Å². The molecule has 1 aromatic heterocycles. The summed E-state index contributed by atoms with van der Waals surface area (Å²) in [7, 11) is 4.87. The lowest BCUT2D eigenvalue weighted by molar-refractivity contribution is 0.354. The first-order chi connectivity index (χ1) is 21.5. The lowest BCUT2D eigenvalue weighted by atomic mass is 9.93. The molecule has 5 aromatic rings. The summed E-state index contributed by atoms with van der Waals surface area (Å²) in [6.07, 6.45) is 0. The van der Waals surface area contributed by atoms with Crippen molar-refractivity contribution in [1.29, 1.82) is 0 Å². The number of hydrogen-bond acceptors (Lipinski definition) is 8. The molecule has 44 heavy (non-hydrogen) atoms. The minimum Gasteiger partial charge on any atom is -0.495 e. The Morgan fingerprint density at radius 2 is 1.50 bits per heavy atom. The molecule has 0 unspecified atom stereocenters. The molecule has 0 aliphatic carbocycles. The van der Waals surface area contributed by atoms with Gasteiger partial charge in [-0.2, -0.15) is 5.10 Å². The third-order valence-corrected chi connectivity index (χ3v) is 8.07. The van der Waals surface area contributed by atoms with Gasteiger partial charge in [-0.3, -0.25) is 0 Å². The quantitative estimate of drug-likeness (QED) is 0.214. The maximum Gasteiger partial charge on any atom is 0.179 e. The first kappa shape index (κ1) is 27.5. The molecule has 1 atom stereocenters. The van der Waals surface area contributed by atoms with Crippen molar-refractivity contribution < 1.29 is 14.2 Å². The second-order valence-electron chi connectivity index (χ2n) is 10.3. The van der Waals surface area contributed by atoms with Crippen molar-refractivity contribution in [3.8, 4) is 22.9 Å². The van der Waals surface area contributed by atoms with Gasteiger partial charge in [0.1, 0.15) is 5.75 Å². The number of benzene rings is 4. The number of para-hydroxylation sites is 3. The van der Waals surface area contributed by atoms with Crippen molar-refractivity contribution in [2.75, 3.05) is 31.5 Å². The smallest absolute Gasteiger partial charge is 0.179 e. The van der Waals surface area contributed by atoms with E-state index < -0.39 is 0 Å². The van der Waals surface area contributed by atoms with Crippen LogP contribution in [-0.2, 0) is 0 Å². The summed E-state index contributed by atoms with van der Waals surface area (Å²) < 4.78 is 18.6.